The molecule has 1 aromatic rings. The van der Waals surface area contributed by atoms with Gasteiger partial charge in [-0.05, 0) is 29.4 Å². The normalized spacial score (nSPS) is 13.7. The van der Waals surface area contributed by atoms with Gasteiger partial charge >= 0.3 is 0 Å². The number of rotatable bonds is 5. The number of methoxy groups -OCH3 is 1. The average Bonchev–Trinajstić information content (AvgIpc) is 2.24. The second kappa shape index (κ2) is 6.55. The van der Waals surface area contributed by atoms with E-state index in [1.54, 1.807) is 7.11 Å². The van der Waals surface area contributed by atoms with Crippen molar-refractivity contribution in [3.8, 4) is 0 Å². The zero-order valence-electron chi connectivity index (χ0n) is 11.3. The van der Waals surface area contributed by atoms with Crippen molar-refractivity contribution in [3.63, 3.8) is 0 Å². The molecule has 0 bridgehead atoms. The lowest BCUT2D eigenvalue weighted by Gasteiger charge is -2.22. The molecule has 1 rings (SSSR count). The van der Waals surface area contributed by atoms with Crippen LogP contribution in [0.15, 0.2) is 24.3 Å². The summed E-state index contributed by atoms with van der Waals surface area (Å²) in [6, 6.07) is 8.84. The van der Waals surface area contributed by atoms with Crippen LogP contribution in [-0.2, 0) is 11.2 Å². The molecule has 1 aromatic carbocycles. The number of hydrogen-bond acceptors (Lipinski definition) is 1. The zero-order chi connectivity index (χ0) is 12.9. The van der Waals surface area contributed by atoms with E-state index in [4.69, 9.17) is 4.74 Å². The summed E-state index contributed by atoms with van der Waals surface area (Å²) in [5, 5.41) is 0. The summed E-state index contributed by atoms with van der Waals surface area (Å²) in [6.45, 7) is 7.61. The van der Waals surface area contributed by atoms with Crippen molar-refractivity contribution in [2.24, 2.45) is 5.41 Å². The Labute approximate surface area is 114 Å². The van der Waals surface area contributed by atoms with E-state index in [1.165, 1.54) is 11.1 Å². The minimum atomic E-state index is 0.350. The van der Waals surface area contributed by atoms with Crippen molar-refractivity contribution in [3.05, 3.63) is 35.4 Å². The lowest BCUT2D eigenvalue weighted by atomic mass is 9.88. The molecule has 0 radical (unpaired) electrons. The molecule has 0 saturated heterocycles. The van der Waals surface area contributed by atoms with E-state index in [9.17, 15) is 0 Å². The second-order valence-electron chi connectivity index (χ2n) is 5.72. The van der Waals surface area contributed by atoms with Crippen molar-refractivity contribution >= 4 is 15.9 Å². The lowest BCUT2D eigenvalue weighted by molar-refractivity contribution is 0.202. The van der Waals surface area contributed by atoms with Gasteiger partial charge in [0.05, 0.1) is 6.61 Å². The maximum atomic E-state index is 5.08. The SMILES string of the molecule is COCCc1ccc(C(Br)CC(C)(C)C)cc1. The van der Waals surface area contributed by atoms with E-state index in [0.29, 0.717) is 10.2 Å². The van der Waals surface area contributed by atoms with Gasteiger partial charge in [0.1, 0.15) is 0 Å². The highest BCUT2D eigenvalue weighted by molar-refractivity contribution is 9.09. The maximum absolute atomic E-state index is 5.08. The topological polar surface area (TPSA) is 9.23 Å². The molecule has 0 spiro atoms. The van der Waals surface area contributed by atoms with E-state index in [0.717, 1.165) is 19.4 Å². The van der Waals surface area contributed by atoms with Gasteiger partial charge in [0.15, 0.2) is 0 Å². The van der Waals surface area contributed by atoms with E-state index in [-0.39, 0.29) is 0 Å². The number of ether oxygens (including phenoxy) is 1. The summed E-state index contributed by atoms with van der Waals surface area (Å²) in [5.74, 6) is 0. The molecule has 0 saturated carbocycles. The Hall–Kier alpha value is -0.340. The van der Waals surface area contributed by atoms with Gasteiger partial charge in [-0.25, -0.2) is 0 Å². The van der Waals surface area contributed by atoms with Crippen LogP contribution in [0.1, 0.15) is 43.1 Å². The summed E-state index contributed by atoms with van der Waals surface area (Å²) in [6.07, 6.45) is 2.13. The van der Waals surface area contributed by atoms with Crippen molar-refractivity contribution < 1.29 is 4.74 Å². The second-order valence-corrected chi connectivity index (χ2v) is 6.82. The van der Waals surface area contributed by atoms with Gasteiger partial charge < -0.3 is 4.74 Å². The van der Waals surface area contributed by atoms with Crippen LogP contribution in [0.3, 0.4) is 0 Å². The van der Waals surface area contributed by atoms with Gasteiger partial charge in [-0.3, -0.25) is 0 Å². The molecule has 1 atom stereocenters. The molecule has 0 heterocycles. The minimum Gasteiger partial charge on any atom is -0.384 e. The molecule has 17 heavy (non-hydrogen) atoms. The Morgan fingerprint density at radius 1 is 1.18 bits per heavy atom. The Morgan fingerprint density at radius 2 is 1.76 bits per heavy atom. The van der Waals surface area contributed by atoms with Gasteiger partial charge in [0.2, 0.25) is 0 Å². The lowest BCUT2D eigenvalue weighted by Crippen LogP contribution is -2.08. The summed E-state index contributed by atoms with van der Waals surface area (Å²) in [4.78, 5) is 0.443. The predicted molar refractivity (Wildman–Crippen MR) is 77.8 cm³/mol. The molecule has 0 N–H and O–H groups in total. The van der Waals surface area contributed by atoms with Crippen LogP contribution in [0.2, 0.25) is 0 Å². The van der Waals surface area contributed by atoms with Crippen molar-refractivity contribution in [2.45, 2.75) is 38.4 Å². The molecule has 0 aliphatic rings. The highest BCUT2D eigenvalue weighted by atomic mass is 79.9. The average molecular weight is 299 g/mol. The van der Waals surface area contributed by atoms with Gasteiger partial charge in [-0.2, -0.15) is 0 Å². The first-order valence-electron chi connectivity index (χ1n) is 6.14. The fourth-order valence-corrected chi connectivity index (χ4v) is 3.04. The molecule has 0 fully saturated rings. The highest BCUT2D eigenvalue weighted by Crippen LogP contribution is 2.35. The predicted octanol–water partition coefficient (Wildman–Crippen LogP) is 4.75. The fourth-order valence-electron chi connectivity index (χ4n) is 1.77. The first-order valence-corrected chi connectivity index (χ1v) is 7.06. The quantitative estimate of drug-likeness (QED) is 0.713. The van der Waals surface area contributed by atoms with Gasteiger partial charge in [0, 0.05) is 11.9 Å². The number of alkyl halides is 1. The summed E-state index contributed by atoms with van der Waals surface area (Å²) in [5.41, 5.74) is 3.05. The third-order valence-corrected chi connectivity index (χ3v) is 3.58. The molecule has 0 aliphatic heterocycles. The van der Waals surface area contributed by atoms with E-state index in [1.807, 2.05) is 0 Å². The van der Waals surface area contributed by atoms with Crippen LogP contribution in [0, 0.1) is 5.41 Å². The Morgan fingerprint density at radius 3 is 2.24 bits per heavy atom. The van der Waals surface area contributed by atoms with Crippen LogP contribution < -0.4 is 0 Å². The first kappa shape index (κ1) is 14.7. The van der Waals surface area contributed by atoms with Crippen LogP contribution in [-0.4, -0.2) is 13.7 Å². The molecule has 1 nitrogen and oxygen atoms in total. The molecule has 0 amide bonds. The highest BCUT2D eigenvalue weighted by Gasteiger charge is 2.17. The van der Waals surface area contributed by atoms with Crippen molar-refractivity contribution in [1.82, 2.24) is 0 Å². The Balaban J connectivity index is 2.60. The molecule has 0 aromatic heterocycles. The van der Waals surface area contributed by atoms with Gasteiger partial charge in [0.25, 0.3) is 0 Å². The molecular weight excluding hydrogens is 276 g/mol. The summed E-state index contributed by atoms with van der Waals surface area (Å²) >= 11 is 3.77. The Bertz CT molecular complexity index is 324. The number of benzene rings is 1. The van der Waals surface area contributed by atoms with E-state index >= 15 is 0 Å². The first-order chi connectivity index (χ1) is 7.92. The maximum Gasteiger partial charge on any atom is 0.0502 e. The Kier molecular flexibility index (Phi) is 5.68. The van der Waals surface area contributed by atoms with Crippen molar-refractivity contribution in [2.75, 3.05) is 13.7 Å². The molecule has 0 aliphatic carbocycles. The smallest absolute Gasteiger partial charge is 0.0502 e. The van der Waals surface area contributed by atoms with Crippen LogP contribution >= 0.6 is 15.9 Å². The molecule has 96 valence electrons. The fraction of sp³-hybridized carbons (Fsp3) is 0.600. The van der Waals surface area contributed by atoms with E-state index < -0.39 is 0 Å². The van der Waals surface area contributed by atoms with Crippen LogP contribution in [0.4, 0.5) is 0 Å². The molecular formula is C15H23BrO. The number of halogens is 1. The molecule has 2 heteroatoms. The largest absolute Gasteiger partial charge is 0.384 e. The van der Waals surface area contributed by atoms with Crippen LogP contribution in [0.5, 0.6) is 0 Å². The molecule has 1 unspecified atom stereocenters. The zero-order valence-corrected chi connectivity index (χ0v) is 12.9. The summed E-state index contributed by atoms with van der Waals surface area (Å²) < 4.78 is 5.08. The summed E-state index contributed by atoms with van der Waals surface area (Å²) in [7, 11) is 1.74. The van der Waals surface area contributed by atoms with Gasteiger partial charge in [-0.15, -0.1) is 0 Å². The van der Waals surface area contributed by atoms with Crippen LogP contribution in [0.25, 0.3) is 0 Å². The monoisotopic (exact) mass is 298 g/mol. The van der Waals surface area contributed by atoms with Gasteiger partial charge in [-0.1, -0.05) is 61.0 Å². The third kappa shape index (κ3) is 5.69. The minimum absolute atomic E-state index is 0.350. The standard InChI is InChI=1S/C15H23BrO/c1-15(2,3)11-14(16)13-7-5-12(6-8-13)9-10-17-4/h5-8,14H,9-11H2,1-4H3. The van der Waals surface area contributed by atoms with E-state index in [2.05, 4.69) is 61.0 Å². The third-order valence-electron chi connectivity index (χ3n) is 2.73. The van der Waals surface area contributed by atoms with Crippen molar-refractivity contribution in [1.29, 1.82) is 0 Å². The number of hydrogen-bond donors (Lipinski definition) is 0.